The van der Waals surface area contributed by atoms with E-state index >= 15 is 0 Å². The molecule has 1 N–H and O–H groups in total. The predicted octanol–water partition coefficient (Wildman–Crippen LogP) is 3.21. The van der Waals surface area contributed by atoms with Crippen LogP contribution >= 0.6 is 0 Å². The number of rotatable bonds is 8. The van der Waals surface area contributed by atoms with Crippen LogP contribution in [0.3, 0.4) is 0 Å². The Morgan fingerprint density at radius 1 is 1.24 bits per heavy atom. The third kappa shape index (κ3) is 6.79. The first-order valence-corrected chi connectivity index (χ1v) is 7.22. The summed E-state index contributed by atoms with van der Waals surface area (Å²) in [5, 5.41) is 2.80. The maximum atomic E-state index is 11.8. The summed E-state index contributed by atoms with van der Waals surface area (Å²) in [5.74, 6) is -0.294. The van der Waals surface area contributed by atoms with Gasteiger partial charge in [0.25, 0.3) is 0 Å². The molecular formula is C16H23NO4. The highest BCUT2D eigenvalue weighted by Crippen LogP contribution is 2.18. The molecule has 0 saturated carbocycles. The molecule has 0 aliphatic heterocycles. The molecule has 5 heteroatoms. The van der Waals surface area contributed by atoms with E-state index < -0.39 is 6.09 Å². The monoisotopic (exact) mass is 293 g/mol. The molecule has 0 radical (unpaired) electrons. The van der Waals surface area contributed by atoms with E-state index in [-0.39, 0.29) is 18.4 Å². The second-order valence-corrected chi connectivity index (χ2v) is 4.71. The smallest absolute Gasteiger partial charge is 0.407 e. The minimum absolute atomic E-state index is 0.241. The molecule has 1 rings (SSSR count). The first-order chi connectivity index (χ1) is 10.2. The zero-order chi connectivity index (χ0) is 15.5. The summed E-state index contributed by atoms with van der Waals surface area (Å²) in [6, 6.07) is 9.25. The zero-order valence-electron chi connectivity index (χ0n) is 12.6. The number of alkyl carbamates (subject to hydrolysis) is 1. The standard InChI is InChI=1S/C16H23NO4/c1-3-4-12-21-16(19)17-14(10-11-15(18)20-2)13-8-6-5-7-9-13/h5-9,14H,3-4,10-12H2,1-2H3,(H,17,19). The summed E-state index contributed by atoms with van der Waals surface area (Å²) in [4.78, 5) is 23.0. The van der Waals surface area contributed by atoms with Crippen molar-refractivity contribution in [2.24, 2.45) is 0 Å². The van der Waals surface area contributed by atoms with Crippen LogP contribution in [-0.4, -0.2) is 25.8 Å². The fourth-order valence-electron chi connectivity index (χ4n) is 1.86. The number of hydrogen-bond acceptors (Lipinski definition) is 4. The molecular weight excluding hydrogens is 270 g/mol. The highest BCUT2D eigenvalue weighted by atomic mass is 16.5. The van der Waals surface area contributed by atoms with Gasteiger partial charge in [-0.05, 0) is 18.4 Å². The summed E-state index contributed by atoms with van der Waals surface area (Å²) in [6.07, 6.45) is 2.07. The van der Waals surface area contributed by atoms with Crippen LogP contribution in [0.4, 0.5) is 4.79 Å². The second kappa shape index (κ2) is 9.80. The van der Waals surface area contributed by atoms with E-state index in [9.17, 15) is 9.59 Å². The largest absolute Gasteiger partial charge is 0.469 e. The van der Waals surface area contributed by atoms with Gasteiger partial charge >= 0.3 is 12.1 Å². The molecule has 5 nitrogen and oxygen atoms in total. The molecule has 0 saturated heterocycles. The number of nitrogens with one attached hydrogen (secondary N) is 1. The lowest BCUT2D eigenvalue weighted by molar-refractivity contribution is -0.140. The number of amides is 1. The van der Waals surface area contributed by atoms with Gasteiger partial charge in [0.2, 0.25) is 0 Å². The molecule has 21 heavy (non-hydrogen) atoms. The lowest BCUT2D eigenvalue weighted by Gasteiger charge is -2.18. The van der Waals surface area contributed by atoms with Crippen molar-refractivity contribution >= 4 is 12.1 Å². The first-order valence-electron chi connectivity index (χ1n) is 7.22. The van der Waals surface area contributed by atoms with Crippen LogP contribution in [0.15, 0.2) is 30.3 Å². The molecule has 1 amide bonds. The van der Waals surface area contributed by atoms with Crippen molar-refractivity contribution in [1.82, 2.24) is 5.32 Å². The van der Waals surface area contributed by atoms with Crippen LogP contribution in [0.2, 0.25) is 0 Å². The number of hydrogen-bond donors (Lipinski definition) is 1. The maximum Gasteiger partial charge on any atom is 0.407 e. The minimum Gasteiger partial charge on any atom is -0.469 e. The van der Waals surface area contributed by atoms with Crippen LogP contribution in [0, 0.1) is 0 Å². The van der Waals surface area contributed by atoms with E-state index in [1.165, 1.54) is 7.11 Å². The Bertz CT molecular complexity index is 433. The van der Waals surface area contributed by atoms with E-state index in [0.29, 0.717) is 13.0 Å². The van der Waals surface area contributed by atoms with Gasteiger partial charge < -0.3 is 14.8 Å². The molecule has 1 aromatic carbocycles. The fourth-order valence-corrected chi connectivity index (χ4v) is 1.86. The van der Waals surface area contributed by atoms with E-state index in [1.807, 2.05) is 37.3 Å². The predicted molar refractivity (Wildman–Crippen MR) is 79.8 cm³/mol. The Kier molecular flexibility index (Phi) is 7.94. The molecule has 0 aliphatic carbocycles. The third-order valence-electron chi connectivity index (χ3n) is 3.09. The van der Waals surface area contributed by atoms with Crippen LogP contribution in [0.25, 0.3) is 0 Å². The van der Waals surface area contributed by atoms with Gasteiger partial charge in [-0.3, -0.25) is 4.79 Å². The molecule has 0 aromatic heterocycles. The molecule has 0 spiro atoms. The van der Waals surface area contributed by atoms with Gasteiger partial charge in [0.1, 0.15) is 0 Å². The van der Waals surface area contributed by atoms with Gasteiger partial charge in [-0.15, -0.1) is 0 Å². The van der Waals surface area contributed by atoms with Gasteiger partial charge in [0.05, 0.1) is 19.8 Å². The van der Waals surface area contributed by atoms with Gasteiger partial charge in [-0.2, -0.15) is 0 Å². The lowest BCUT2D eigenvalue weighted by Crippen LogP contribution is -2.30. The number of ether oxygens (including phenoxy) is 2. The van der Waals surface area contributed by atoms with Crippen LogP contribution in [0.1, 0.15) is 44.2 Å². The van der Waals surface area contributed by atoms with Crippen LogP contribution < -0.4 is 5.32 Å². The fraction of sp³-hybridized carbons (Fsp3) is 0.500. The van der Waals surface area contributed by atoms with Gasteiger partial charge in [-0.25, -0.2) is 4.79 Å². The molecule has 0 fully saturated rings. The Morgan fingerprint density at radius 2 is 1.95 bits per heavy atom. The van der Waals surface area contributed by atoms with E-state index in [0.717, 1.165) is 18.4 Å². The molecule has 1 atom stereocenters. The first kappa shape index (κ1) is 17.0. The van der Waals surface area contributed by atoms with E-state index in [1.54, 1.807) is 0 Å². The van der Waals surface area contributed by atoms with Gasteiger partial charge in [-0.1, -0.05) is 43.7 Å². The third-order valence-corrected chi connectivity index (χ3v) is 3.09. The molecule has 0 heterocycles. The zero-order valence-corrected chi connectivity index (χ0v) is 12.6. The molecule has 0 aliphatic rings. The minimum atomic E-state index is -0.456. The van der Waals surface area contributed by atoms with Crippen molar-refractivity contribution in [1.29, 1.82) is 0 Å². The normalized spacial score (nSPS) is 11.5. The lowest BCUT2D eigenvalue weighted by atomic mass is 10.0. The number of carbonyl (C=O) groups excluding carboxylic acids is 2. The van der Waals surface area contributed by atoms with Gasteiger partial charge in [0, 0.05) is 6.42 Å². The van der Waals surface area contributed by atoms with E-state index in [2.05, 4.69) is 10.1 Å². The van der Waals surface area contributed by atoms with Crippen molar-refractivity contribution in [3.05, 3.63) is 35.9 Å². The summed E-state index contributed by atoms with van der Waals surface area (Å²) in [5.41, 5.74) is 0.939. The Hall–Kier alpha value is -2.04. The highest BCUT2D eigenvalue weighted by molar-refractivity contribution is 5.70. The van der Waals surface area contributed by atoms with Crippen LogP contribution in [0.5, 0.6) is 0 Å². The van der Waals surface area contributed by atoms with Crippen molar-refractivity contribution in [2.45, 2.75) is 38.6 Å². The summed E-state index contributed by atoms with van der Waals surface area (Å²) in [6.45, 7) is 2.44. The van der Waals surface area contributed by atoms with Gasteiger partial charge in [0.15, 0.2) is 0 Å². The second-order valence-electron chi connectivity index (χ2n) is 4.71. The average molecular weight is 293 g/mol. The number of esters is 1. The number of unbranched alkanes of at least 4 members (excludes halogenated alkanes) is 1. The van der Waals surface area contributed by atoms with Crippen molar-refractivity contribution < 1.29 is 19.1 Å². The Morgan fingerprint density at radius 3 is 2.57 bits per heavy atom. The van der Waals surface area contributed by atoms with Crippen molar-refractivity contribution in [3.63, 3.8) is 0 Å². The number of benzene rings is 1. The Labute approximate surface area is 125 Å². The average Bonchev–Trinajstić information content (AvgIpc) is 2.52. The number of carbonyl (C=O) groups is 2. The molecule has 1 unspecified atom stereocenters. The SMILES string of the molecule is CCCCOC(=O)NC(CCC(=O)OC)c1ccccc1. The summed E-state index contributed by atoms with van der Waals surface area (Å²) >= 11 is 0. The van der Waals surface area contributed by atoms with Crippen molar-refractivity contribution in [3.8, 4) is 0 Å². The molecule has 0 bridgehead atoms. The maximum absolute atomic E-state index is 11.8. The van der Waals surface area contributed by atoms with E-state index in [4.69, 9.17) is 4.74 Å². The Balaban J connectivity index is 2.59. The topological polar surface area (TPSA) is 64.6 Å². The summed E-state index contributed by atoms with van der Waals surface area (Å²) in [7, 11) is 1.35. The van der Waals surface area contributed by atoms with Crippen LogP contribution in [-0.2, 0) is 14.3 Å². The molecule has 1 aromatic rings. The molecule has 116 valence electrons. The highest BCUT2D eigenvalue weighted by Gasteiger charge is 2.16. The number of methoxy groups -OCH3 is 1. The quantitative estimate of drug-likeness (QED) is 0.590. The van der Waals surface area contributed by atoms with Crippen molar-refractivity contribution in [2.75, 3.05) is 13.7 Å². The summed E-state index contributed by atoms with van der Waals surface area (Å²) < 4.78 is 9.74.